The molecule has 4 nitrogen and oxygen atoms in total. The van der Waals surface area contributed by atoms with E-state index in [9.17, 15) is 5.11 Å². The van der Waals surface area contributed by atoms with Crippen LogP contribution < -0.4 is 4.74 Å². The Morgan fingerprint density at radius 2 is 2.08 bits per heavy atom. The molecule has 4 rings (SSSR count). The summed E-state index contributed by atoms with van der Waals surface area (Å²) in [4.78, 5) is 6.73. The maximum atomic E-state index is 10.6. The van der Waals surface area contributed by atoms with E-state index in [-0.39, 0.29) is 5.92 Å². The van der Waals surface area contributed by atoms with Crippen molar-refractivity contribution >= 4 is 17.7 Å². The molecule has 1 saturated heterocycles. The van der Waals surface area contributed by atoms with E-state index in [4.69, 9.17) is 16.3 Å². The fraction of sp³-hybridized carbons (Fsp3) is 0.381. The van der Waals surface area contributed by atoms with Gasteiger partial charge in [0.25, 0.3) is 0 Å². The van der Waals surface area contributed by atoms with Gasteiger partial charge in [0.2, 0.25) is 0 Å². The average Bonchev–Trinajstić information content (AvgIpc) is 2.68. The lowest BCUT2D eigenvalue weighted by Crippen LogP contribution is -2.37. The standard InChI is InChI=1S/C21H23ClN2O2/c22-18-4-5-20-17(12-18)11-15(14-26-20)13-24-9-6-16(7-10-24)21(25)19-3-1-2-8-23-19/h1-5,8,11-12,16,21,25H,6-7,9-10,13-14H2. The molecule has 0 spiro atoms. The van der Waals surface area contributed by atoms with Crippen molar-refractivity contribution in [2.45, 2.75) is 18.9 Å². The molecule has 1 unspecified atom stereocenters. The van der Waals surface area contributed by atoms with Crippen LogP contribution in [0.3, 0.4) is 0 Å². The second kappa shape index (κ2) is 7.78. The molecule has 1 aromatic heterocycles. The quantitative estimate of drug-likeness (QED) is 0.884. The van der Waals surface area contributed by atoms with Gasteiger partial charge in [0.1, 0.15) is 12.4 Å². The monoisotopic (exact) mass is 370 g/mol. The van der Waals surface area contributed by atoms with Crippen LogP contribution in [0.4, 0.5) is 0 Å². The third-order valence-electron chi connectivity index (χ3n) is 5.24. The molecule has 0 saturated carbocycles. The first-order valence-electron chi connectivity index (χ1n) is 9.12. The number of hydrogen-bond acceptors (Lipinski definition) is 4. The third-order valence-corrected chi connectivity index (χ3v) is 5.48. The molecule has 26 heavy (non-hydrogen) atoms. The van der Waals surface area contributed by atoms with E-state index in [0.29, 0.717) is 6.61 Å². The fourth-order valence-corrected chi connectivity index (χ4v) is 3.97. The van der Waals surface area contributed by atoms with Gasteiger partial charge in [-0.3, -0.25) is 9.88 Å². The number of aliphatic hydroxyl groups excluding tert-OH is 1. The number of likely N-dealkylation sites (tertiary alicyclic amines) is 1. The number of hydrogen-bond donors (Lipinski definition) is 1. The lowest BCUT2D eigenvalue weighted by molar-refractivity contribution is 0.0580. The van der Waals surface area contributed by atoms with Crippen LogP contribution in [-0.4, -0.2) is 41.2 Å². The zero-order chi connectivity index (χ0) is 17.9. The van der Waals surface area contributed by atoms with Crippen LogP contribution in [0.25, 0.3) is 6.08 Å². The van der Waals surface area contributed by atoms with Crippen molar-refractivity contribution in [3.8, 4) is 5.75 Å². The minimum atomic E-state index is -0.468. The highest BCUT2D eigenvalue weighted by molar-refractivity contribution is 6.30. The van der Waals surface area contributed by atoms with Crippen molar-refractivity contribution in [3.05, 3.63) is 64.4 Å². The lowest BCUT2D eigenvalue weighted by Gasteiger charge is -2.35. The maximum absolute atomic E-state index is 10.6. The Balaban J connectivity index is 1.34. The number of nitrogens with zero attached hydrogens (tertiary/aromatic N) is 2. The fourth-order valence-electron chi connectivity index (χ4n) is 3.79. The Labute approximate surface area is 159 Å². The molecule has 136 valence electrons. The van der Waals surface area contributed by atoms with Gasteiger partial charge in [-0.15, -0.1) is 0 Å². The molecule has 0 bridgehead atoms. The van der Waals surface area contributed by atoms with Gasteiger partial charge in [0.15, 0.2) is 0 Å². The van der Waals surface area contributed by atoms with Crippen molar-refractivity contribution in [3.63, 3.8) is 0 Å². The highest BCUT2D eigenvalue weighted by Crippen LogP contribution is 2.32. The van der Waals surface area contributed by atoms with Crippen LogP contribution in [0.5, 0.6) is 5.75 Å². The molecule has 1 aromatic carbocycles. The summed E-state index contributed by atoms with van der Waals surface area (Å²) in [5.74, 6) is 1.17. The number of aromatic nitrogens is 1. The van der Waals surface area contributed by atoms with Gasteiger partial charge in [-0.2, -0.15) is 0 Å². The highest BCUT2D eigenvalue weighted by Gasteiger charge is 2.27. The molecule has 2 aliphatic rings. The number of pyridine rings is 1. The third kappa shape index (κ3) is 3.93. The van der Waals surface area contributed by atoms with Crippen LogP contribution in [0.2, 0.25) is 5.02 Å². The first-order chi connectivity index (χ1) is 12.7. The smallest absolute Gasteiger partial charge is 0.127 e. The van der Waals surface area contributed by atoms with Crippen molar-refractivity contribution in [2.75, 3.05) is 26.2 Å². The molecule has 1 atom stereocenters. The summed E-state index contributed by atoms with van der Waals surface area (Å²) in [5.41, 5.74) is 3.10. The van der Waals surface area contributed by atoms with Crippen molar-refractivity contribution in [1.82, 2.24) is 9.88 Å². The summed E-state index contributed by atoms with van der Waals surface area (Å²) in [7, 11) is 0. The number of ether oxygens (including phenoxy) is 1. The summed E-state index contributed by atoms with van der Waals surface area (Å²) in [6.45, 7) is 3.49. The predicted molar refractivity (Wildman–Crippen MR) is 103 cm³/mol. The predicted octanol–water partition coefficient (Wildman–Crippen LogP) is 3.96. The van der Waals surface area contributed by atoms with E-state index in [1.54, 1.807) is 6.20 Å². The summed E-state index contributed by atoms with van der Waals surface area (Å²) in [5, 5.41) is 11.3. The molecular weight excluding hydrogens is 348 g/mol. The number of fused-ring (bicyclic) bond motifs is 1. The van der Waals surface area contributed by atoms with Gasteiger partial charge in [0, 0.05) is 23.3 Å². The average molecular weight is 371 g/mol. The van der Waals surface area contributed by atoms with E-state index in [0.717, 1.165) is 54.5 Å². The molecule has 2 aliphatic heterocycles. The van der Waals surface area contributed by atoms with Crippen molar-refractivity contribution < 1.29 is 9.84 Å². The number of piperidine rings is 1. The van der Waals surface area contributed by atoms with Gasteiger partial charge >= 0.3 is 0 Å². The lowest BCUT2D eigenvalue weighted by atomic mass is 9.89. The topological polar surface area (TPSA) is 45.6 Å². The summed E-state index contributed by atoms with van der Waals surface area (Å²) in [6, 6.07) is 11.5. The van der Waals surface area contributed by atoms with E-state index >= 15 is 0 Å². The molecular formula is C21H23ClN2O2. The molecule has 5 heteroatoms. The highest BCUT2D eigenvalue weighted by atomic mass is 35.5. The minimum absolute atomic E-state index is 0.275. The van der Waals surface area contributed by atoms with Crippen molar-refractivity contribution in [1.29, 1.82) is 0 Å². The Kier molecular flexibility index (Phi) is 5.25. The molecule has 1 fully saturated rings. The Hall–Kier alpha value is -1.88. The van der Waals surface area contributed by atoms with Gasteiger partial charge in [-0.05, 0) is 73.8 Å². The number of aliphatic hydroxyl groups is 1. The van der Waals surface area contributed by atoms with Crippen LogP contribution in [0.1, 0.15) is 30.2 Å². The summed E-state index contributed by atoms with van der Waals surface area (Å²) >= 11 is 6.09. The van der Waals surface area contributed by atoms with E-state index in [2.05, 4.69) is 16.0 Å². The maximum Gasteiger partial charge on any atom is 0.127 e. The molecule has 2 aromatic rings. The number of halogens is 1. The number of rotatable bonds is 4. The van der Waals surface area contributed by atoms with Crippen molar-refractivity contribution in [2.24, 2.45) is 5.92 Å². The zero-order valence-corrected chi connectivity index (χ0v) is 15.4. The second-order valence-corrected chi connectivity index (χ2v) is 7.52. The van der Waals surface area contributed by atoms with Crippen LogP contribution in [0.15, 0.2) is 48.2 Å². The van der Waals surface area contributed by atoms with Crippen LogP contribution in [-0.2, 0) is 0 Å². The number of benzene rings is 1. The largest absolute Gasteiger partial charge is 0.489 e. The van der Waals surface area contributed by atoms with Crippen LogP contribution in [0, 0.1) is 5.92 Å². The van der Waals surface area contributed by atoms with E-state index in [1.165, 1.54) is 5.57 Å². The molecule has 0 amide bonds. The van der Waals surface area contributed by atoms with E-state index in [1.807, 2.05) is 36.4 Å². The molecule has 1 N–H and O–H groups in total. The zero-order valence-electron chi connectivity index (χ0n) is 14.6. The second-order valence-electron chi connectivity index (χ2n) is 7.09. The Morgan fingerprint density at radius 1 is 1.23 bits per heavy atom. The summed E-state index contributed by atoms with van der Waals surface area (Å²) in [6.07, 6.45) is 5.43. The molecule has 0 radical (unpaired) electrons. The SMILES string of the molecule is OC(c1ccccn1)C1CCN(CC2=Cc3cc(Cl)ccc3OC2)CC1. The van der Waals surface area contributed by atoms with Gasteiger partial charge in [-0.25, -0.2) is 0 Å². The minimum Gasteiger partial charge on any atom is -0.489 e. The van der Waals surface area contributed by atoms with Gasteiger partial charge < -0.3 is 9.84 Å². The van der Waals surface area contributed by atoms with E-state index < -0.39 is 6.10 Å². The van der Waals surface area contributed by atoms with Crippen LogP contribution >= 0.6 is 11.6 Å². The Morgan fingerprint density at radius 3 is 2.85 bits per heavy atom. The first kappa shape index (κ1) is 17.5. The van der Waals surface area contributed by atoms with Gasteiger partial charge in [-0.1, -0.05) is 17.7 Å². The summed E-state index contributed by atoms with van der Waals surface area (Å²) < 4.78 is 5.85. The normalized spacial score (nSPS) is 19.4. The molecule has 3 heterocycles. The molecule has 0 aliphatic carbocycles. The van der Waals surface area contributed by atoms with Gasteiger partial charge in [0.05, 0.1) is 11.8 Å². The first-order valence-corrected chi connectivity index (χ1v) is 9.50. The Bertz CT molecular complexity index is 786.